The highest BCUT2D eigenvalue weighted by Crippen LogP contribution is 2.33. The van der Waals surface area contributed by atoms with Crippen molar-refractivity contribution in [3.63, 3.8) is 0 Å². The number of benzene rings is 1. The molecular weight excluding hydrogens is 407 g/mol. The van der Waals surface area contributed by atoms with E-state index in [0.29, 0.717) is 36.3 Å². The van der Waals surface area contributed by atoms with Gasteiger partial charge in [0.25, 0.3) is 5.91 Å². The molecule has 30 heavy (non-hydrogen) atoms. The number of sulfonamides is 1. The number of carbonyl (C=O) groups is 1. The fraction of sp³-hybridized carbons (Fsp3) is 0.238. The first-order chi connectivity index (χ1) is 14.3. The van der Waals surface area contributed by atoms with Crippen LogP contribution in [0.1, 0.15) is 22.5 Å². The molecule has 1 amide bonds. The number of hydrogen-bond acceptors (Lipinski definition) is 4. The van der Waals surface area contributed by atoms with E-state index < -0.39 is 15.8 Å². The zero-order chi connectivity index (χ0) is 21.5. The SMILES string of the molecule is CNC(=O)c1ccc(-c2ccnc3[nH]c(C4=CCN(S(C)(=O)=O)CC4)cc23)c(F)c1. The molecule has 7 nitrogen and oxygen atoms in total. The van der Waals surface area contributed by atoms with Gasteiger partial charge >= 0.3 is 0 Å². The van der Waals surface area contributed by atoms with Crippen LogP contribution in [0.3, 0.4) is 0 Å². The predicted octanol–water partition coefficient (Wildman–Crippen LogP) is 2.78. The number of halogens is 1. The first-order valence-electron chi connectivity index (χ1n) is 9.42. The molecule has 3 aromatic rings. The van der Waals surface area contributed by atoms with E-state index in [1.54, 1.807) is 24.4 Å². The van der Waals surface area contributed by atoms with Gasteiger partial charge in [-0.25, -0.2) is 17.8 Å². The molecular formula is C21H21FN4O3S. The van der Waals surface area contributed by atoms with Crippen LogP contribution in [0.4, 0.5) is 4.39 Å². The molecule has 156 valence electrons. The second-order valence-corrected chi connectivity index (χ2v) is 9.16. The van der Waals surface area contributed by atoms with Crippen LogP contribution in [0.5, 0.6) is 0 Å². The van der Waals surface area contributed by atoms with E-state index in [4.69, 9.17) is 0 Å². The van der Waals surface area contributed by atoms with Crippen LogP contribution in [-0.4, -0.2) is 55.0 Å². The summed E-state index contributed by atoms with van der Waals surface area (Å²) in [5.74, 6) is -0.844. The lowest BCUT2D eigenvalue weighted by Crippen LogP contribution is -2.33. The number of nitrogens with zero attached hydrogens (tertiary/aromatic N) is 2. The maximum atomic E-state index is 14.8. The smallest absolute Gasteiger partial charge is 0.251 e. The summed E-state index contributed by atoms with van der Waals surface area (Å²) in [6.07, 6.45) is 5.26. The molecule has 0 unspecified atom stereocenters. The third-order valence-corrected chi connectivity index (χ3v) is 6.54. The van der Waals surface area contributed by atoms with Crippen LogP contribution in [0.15, 0.2) is 42.6 Å². The van der Waals surface area contributed by atoms with Crippen molar-refractivity contribution < 1.29 is 17.6 Å². The van der Waals surface area contributed by atoms with E-state index in [1.165, 1.54) is 23.7 Å². The van der Waals surface area contributed by atoms with E-state index in [9.17, 15) is 17.6 Å². The molecule has 0 radical (unpaired) electrons. The van der Waals surface area contributed by atoms with Crippen molar-refractivity contribution in [3.8, 4) is 11.1 Å². The molecule has 0 atom stereocenters. The molecule has 0 spiro atoms. The number of pyridine rings is 1. The Morgan fingerprint density at radius 2 is 2.03 bits per heavy atom. The summed E-state index contributed by atoms with van der Waals surface area (Å²) >= 11 is 0. The van der Waals surface area contributed by atoms with E-state index in [0.717, 1.165) is 16.7 Å². The zero-order valence-electron chi connectivity index (χ0n) is 16.6. The molecule has 1 aliphatic heterocycles. The molecule has 1 aromatic carbocycles. The highest BCUT2D eigenvalue weighted by atomic mass is 32.2. The molecule has 0 saturated heterocycles. The van der Waals surface area contributed by atoms with Gasteiger partial charge in [-0.3, -0.25) is 4.79 Å². The Balaban J connectivity index is 1.72. The summed E-state index contributed by atoms with van der Waals surface area (Å²) < 4.78 is 39.6. The Hall–Kier alpha value is -3.04. The van der Waals surface area contributed by atoms with Crippen molar-refractivity contribution in [1.29, 1.82) is 0 Å². The monoisotopic (exact) mass is 428 g/mol. The maximum Gasteiger partial charge on any atom is 0.251 e. The minimum atomic E-state index is -3.22. The summed E-state index contributed by atoms with van der Waals surface area (Å²) in [5.41, 5.74) is 3.74. The van der Waals surface area contributed by atoms with Gasteiger partial charge in [0.15, 0.2) is 0 Å². The molecule has 2 aromatic heterocycles. The number of hydrogen-bond donors (Lipinski definition) is 2. The van der Waals surface area contributed by atoms with Gasteiger partial charge in [0.05, 0.1) is 6.26 Å². The van der Waals surface area contributed by atoms with Crippen molar-refractivity contribution in [3.05, 3.63) is 59.7 Å². The third-order valence-electron chi connectivity index (χ3n) is 5.27. The Kier molecular flexibility index (Phi) is 5.17. The summed E-state index contributed by atoms with van der Waals surface area (Å²) in [7, 11) is -1.72. The van der Waals surface area contributed by atoms with E-state index >= 15 is 0 Å². The van der Waals surface area contributed by atoms with Gasteiger partial charge in [-0.05, 0) is 41.8 Å². The third kappa shape index (κ3) is 3.73. The topological polar surface area (TPSA) is 95.2 Å². The van der Waals surface area contributed by atoms with E-state index in [2.05, 4.69) is 15.3 Å². The van der Waals surface area contributed by atoms with E-state index in [-0.39, 0.29) is 11.5 Å². The van der Waals surface area contributed by atoms with Crippen LogP contribution >= 0.6 is 0 Å². The normalized spacial score (nSPS) is 15.2. The molecule has 3 heterocycles. The minimum Gasteiger partial charge on any atom is -0.355 e. The summed E-state index contributed by atoms with van der Waals surface area (Å²) in [4.78, 5) is 19.4. The average molecular weight is 428 g/mol. The second-order valence-electron chi connectivity index (χ2n) is 7.18. The molecule has 2 N–H and O–H groups in total. The Morgan fingerprint density at radius 3 is 2.67 bits per heavy atom. The lowest BCUT2D eigenvalue weighted by molar-refractivity contribution is 0.0962. The lowest BCUT2D eigenvalue weighted by Gasteiger charge is -2.23. The lowest BCUT2D eigenvalue weighted by atomic mass is 10.00. The number of carbonyl (C=O) groups excluding carboxylic acids is 1. The van der Waals surface area contributed by atoms with Crippen molar-refractivity contribution in [1.82, 2.24) is 19.6 Å². The van der Waals surface area contributed by atoms with Gasteiger partial charge in [-0.2, -0.15) is 4.31 Å². The Labute approximate surface area is 173 Å². The Morgan fingerprint density at radius 1 is 1.23 bits per heavy atom. The highest BCUT2D eigenvalue weighted by Gasteiger charge is 2.22. The second kappa shape index (κ2) is 7.66. The maximum absolute atomic E-state index is 14.8. The molecule has 0 bridgehead atoms. The number of fused-ring (bicyclic) bond motifs is 1. The quantitative estimate of drug-likeness (QED) is 0.668. The molecule has 0 saturated carbocycles. The number of H-pyrrole nitrogens is 1. The van der Waals surface area contributed by atoms with Crippen molar-refractivity contribution in [2.75, 3.05) is 26.4 Å². The van der Waals surface area contributed by atoms with Crippen molar-refractivity contribution >= 4 is 32.5 Å². The largest absolute Gasteiger partial charge is 0.355 e. The average Bonchev–Trinajstić information content (AvgIpc) is 3.17. The fourth-order valence-corrected chi connectivity index (χ4v) is 4.42. The highest BCUT2D eigenvalue weighted by molar-refractivity contribution is 7.88. The first kappa shape index (κ1) is 20.2. The number of aromatic amines is 1. The predicted molar refractivity (Wildman–Crippen MR) is 114 cm³/mol. The molecule has 1 aliphatic rings. The fourth-order valence-electron chi connectivity index (χ4n) is 3.65. The standard InChI is InChI=1S/C21H21FN4O3S/c1-23-21(27)14-3-4-16(18(22)11-14)15-5-8-24-20-17(15)12-19(25-20)13-6-9-26(10-7-13)30(2,28)29/h3-6,8,11-12H,7,9-10H2,1-2H3,(H,23,27)(H,24,25). The zero-order valence-corrected chi connectivity index (χ0v) is 17.4. The van der Waals surface area contributed by atoms with Crippen LogP contribution in [0.25, 0.3) is 27.7 Å². The van der Waals surface area contributed by atoms with Crippen LogP contribution in [0.2, 0.25) is 0 Å². The molecule has 0 fully saturated rings. The van der Waals surface area contributed by atoms with Gasteiger partial charge < -0.3 is 10.3 Å². The molecule has 9 heteroatoms. The summed E-state index contributed by atoms with van der Waals surface area (Å²) in [6, 6.07) is 8.04. The first-order valence-corrected chi connectivity index (χ1v) is 11.3. The number of rotatable bonds is 4. The summed E-state index contributed by atoms with van der Waals surface area (Å²) in [5, 5.41) is 3.24. The van der Waals surface area contributed by atoms with Gasteiger partial charge in [0, 0.05) is 48.5 Å². The van der Waals surface area contributed by atoms with Crippen molar-refractivity contribution in [2.45, 2.75) is 6.42 Å². The van der Waals surface area contributed by atoms with Gasteiger partial charge in [0.1, 0.15) is 11.5 Å². The molecule has 4 rings (SSSR count). The van der Waals surface area contributed by atoms with Crippen molar-refractivity contribution in [2.24, 2.45) is 0 Å². The number of amides is 1. The molecule has 0 aliphatic carbocycles. The number of nitrogens with one attached hydrogen (secondary N) is 2. The van der Waals surface area contributed by atoms with Crippen LogP contribution in [-0.2, 0) is 10.0 Å². The van der Waals surface area contributed by atoms with Gasteiger partial charge in [-0.15, -0.1) is 0 Å². The minimum absolute atomic E-state index is 0.251. The van der Waals surface area contributed by atoms with Gasteiger partial charge in [-0.1, -0.05) is 12.1 Å². The van der Waals surface area contributed by atoms with Crippen LogP contribution < -0.4 is 5.32 Å². The van der Waals surface area contributed by atoms with Gasteiger partial charge in [0.2, 0.25) is 10.0 Å². The Bertz CT molecular complexity index is 1280. The van der Waals surface area contributed by atoms with E-state index in [1.807, 2.05) is 12.1 Å². The van der Waals surface area contributed by atoms with Crippen LogP contribution in [0, 0.1) is 5.82 Å². The summed E-state index contributed by atoms with van der Waals surface area (Å²) in [6.45, 7) is 0.731. The number of aromatic nitrogens is 2.